The summed E-state index contributed by atoms with van der Waals surface area (Å²) in [6.45, 7) is 14.0. The zero-order valence-corrected chi connectivity index (χ0v) is 18.7. The van der Waals surface area contributed by atoms with E-state index in [9.17, 15) is 4.79 Å². The van der Waals surface area contributed by atoms with E-state index in [2.05, 4.69) is 51.3 Å². The van der Waals surface area contributed by atoms with Crippen LogP contribution in [-0.2, 0) is 6.42 Å². The largest absolute Gasteiger partial charge is 0.361 e. The van der Waals surface area contributed by atoms with Crippen LogP contribution in [0.1, 0.15) is 48.5 Å². The van der Waals surface area contributed by atoms with E-state index in [0.29, 0.717) is 41.6 Å². The molecule has 0 saturated carbocycles. The van der Waals surface area contributed by atoms with Gasteiger partial charge in [0.1, 0.15) is 22.9 Å². The van der Waals surface area contributed by atoms with Gasteiger partial charge in [-0.2, -0.15) is 0 Å². The number of halogens is 1. The van der Waals surface area contributed by atoms with Crippen LogP contribution in [0.15, 0.2) is 50.5 Å². The number of aromatic nitrogens is 1. The minimum Gasteiger partial charge on any atom is -0.361 e. The maximum atomic E-state index is 12.5. The quantitative estimate of drug-likeness (QED) is 0.216. The summed E-state index contributed by atoms with van der Waals surface area (Å²) >= 11 is 7.15. The van der Waals surface area contributed by atoms with Crippen LogP contribution in [0.25, 0.3) is 0 Å². The highest BCUT2D eigenvalue weighted by atomic mass is 35.5. The molecule has 1 heterocycles. The Morgan fingerprint density at radius 1 is 1.45 bits per heavy atom. The fraction of sp³-hybridized carbons (Fsp3) is 0.400. The normalized spacial score (nSPS) is 12.3. The van der Waals surface area contributed by atoms with Crippen molar-refractivity contribution < 1.29 is 9.32 Å². The van der Waals surface area contributed by atoms with Gasteiger partial charge >= 0.3 is 0 Å². The van der Waals surface area contributed by atoms with Crippen molar-refractivity contribution in [1.29, 1.82) is 0 Å². The summed E-state index contributed by atoms with van der Waals surface area (Å²) in [4.78, 5) is 21.0. The molecule has 7 nitrogen and oxygen atoms in total. The number of nitrogens with one attached hydrogen (secondary N) is 2. The number of carbonyl (C=O) groups excluding carboxylic acids is 1. The molecule has 1 rings (SSSR count). The van der Waals surface area contributed by atoms with E-state index in [4.69, 9.17) is 16.1 Å². The van der Waals surface area contributed by atoms with E-state index in [0.717, 1.165) is 17.8 Å². The number of aryl methyl sites for hydroxylation is 1. The number of hydrogen-bond donors (Lipinski definition) is 2. The number of carbonyl (C=O) groups is 1. The second-order valence-electron chi connectivity index (χ2n) is 6.05. The summed E-state index contributed by atoms with van der Waals surface area (Å²) in [6.07, 6.45) is 5.46. The summed E-state index contributed by atoms with van der Waals surface area (Å²) in [7, 11) is 0. The Hall–Kier alpha value is -2.32. The molecular formula is C20H28ClN5O2S. The van der Waals surface area contributed by atoms with Crippen molar-refractivity contribution in [3.63, 3.8) is 0 Å². The number of aliphatic imine (C=N–C) groups is 2. The summed E-state index contributed by atoms with van der Waals surface area (Å²) in [5.74, 6) is 1.01. The van der Waals surface area contributed by atoms with Crippen LogP contribution in [0, 0.1) is 6.92 Å². The lowest BCUT2D eigenvalue weighted by molar-refractivity contribution is 0.0951. The fourth-order valence-electron chi connectivity index (χ4n) is 2.37. The van der Waals surface area contributed by atoms with Crippen LogP contribution >= 0.6 is 23.5 Å². The molecule has 9 heteroatoms. The summed E-state index contributed by atoms with van der Waals surface area (Å²) in [5, 5.41) is 7.16. The molecule has 0 aliphatic heterocycles. The van der Waals surface area contributed by atoms with Crippen LogP contribution < -0.4 is 10.0 Å². The standard InChI is InChI=1S/C20H28ClN5O2S/c1-6-9-14(3)19(26-29-13-22-7-2)23-10-8-11-24-20(27)18-16(5)28-25-17(18)12-15(4)21/h7,9,13H,2,4,6,8,10-12H2,1,3,5H3,(H,23,26)(H,24,27)/b14-9+,22-13?. The Labute approximate surface area is 181 Å². The first-order chi connectivity index (χ1) is 13.9. The van der Waals surface area contributed by atoms with Gasteiger partial charge in [-0.05, 0) is 44.2 Å². The van der Waals surface area contributed by atoms with Crippen molar-refractivity contribution in [3.8, 4) is 0 Å². The van der Waals surface area contributed by atoms with Gasteiger partial charge in [0.15, 0.2) is 0 Å². The van der Waals surface area contributed by atoms with Gasteiger partial charge in [-0.15, -0.1) is 0 Å². The molecule has 2 N–H and O–H groups in total. The first kappa shape index (κ1) is 24.7. The molecule has 0 spiro atoms. The lowest BCUT2D eigenvalue weighted by Crippen LogP contribution is -2.26. The number of allylic oxidation sites excluding steroid dienone is 2. The monoisotopic (exact) mass is 437 g/mol. The van der Waals surface area contributed by atoms with Crippen molar-refractivity contribution >= 4 is 40.8 Å². The summed E-state index contributed by atoms with van der Waals surface area (Å²) in [6, 6.07) is 0. The highest BCUT2D eigenvalue weighted by molar-refractivity contribution is 8.10. The van der Waals surface area contributed by atoms with E-state index >= 15 is 0 Å². The molecule has 0 unspecified atom stereocenters. The van der Waals surface area contributed by atoms with E-state index in [1.165, 1.54) is 18.1 Å². The molecule has 0 radical (unpaired) electrons. The zero-order valence-electron chi connectivity index (χ0n) is 17.1. The third-order valence-electron chi connectivity index (χ3n) is 3.67. The Balaban J connectivity index is 2.60. The molecule has 158 valence electrons. The van der Waals surface area contributed by atoms with Gasteiger partial charge < -0.3 is 14.6 Å². The van der Waals surface area contributed by atoms with Crippen LogP contribution in [0.2, 0.25) is 0 Å². The van der Waals surface area contributed by atoms with Crippen molar-refractivity contribution in [2.45, 2.75) is 40.0 Å². The maximum Gasteiger partial charge on any atom is 0.256 e. The van der Waals surface area contributed by atoms with Gasteiger partial charge in [0.2, 0.25) is 0 Å². The molecule has 1 amide bonds. The minimum atomic E-state index is -0.239. The molecule has 0 atom stereocenters. The van der Waals surface area contributed by atoms with Crippen LogP contribution in [0.5, 0.6) is 0 Å². The highest BCUT2D eigenvalue weighted by Gasteiger charge is 2.20. The van der Waals surface area contributed by atoms with Crippen molar-refractivity contribution in [2.75, 3.05) is 13.1 Å². The Bertz CT molecular complexity index is 799. The second-order valence-corrected chi connectivity index (χ2v) is 7.23. The van der Waals surface area contributed by atoms with Crippen LogP contribution in [0.3, 0.4) is 0 Å². The minimum absolute atomic E-state index is 0.239. The third kappa shape index (κ3) is 9.15. The summed E-state index contributed by atoms with van der Waals surface area (Å²) < 4.78 is 8.28. The van der Waals surface area contributed by atoms with E-state index in [1.54, 1.807) is 12.5 Å². The molecule has 0 aliphatic carbocycles. The molecular weight excluding hydrogens is 410 g/mol. The predicted octanol–water partition coefficient (Wildman–Crippen LogP) is 4.56. The maximum absolute atomic E-state index is 12.5. The van der Waals surface area contributed by atoms with Gasteiger partial charge in [0.05, 0.1) is 5.55 Å². The lowest BCUT2D eigenvalue weighted by Gasteiger charge is -2.08. The first-order valence-electron chi connectivity index (χ1n) is 9.23. The molecule has 0 bridgehead atoms. The van der Waals surface area contributed by atoms with Gasteiger partial charge in [-0.1, -0.05) is 42.9 Å². The predicted molar refractivity (Wildman–Crippen MR) is 123 cm³/mol. The van der Waals surface area contributed by atoms with Gasteiger partial charge in [-0.25, -0.2) is 0 Å². The van der Waals surface area contributed by atoms with Crippen LogP contribution in [0.4, 0.5) is 0 Å². The number of rotatable bonds is 12. The van der Waals surface area contributed by atoms with E-state index < -0.39 is 0 Å². The lowest BCUT2D eigenvalue weighted by atomic mass is 10.1. The number of amidine groups is 1. The molecule has 0 fully saturated rings. The molecule has 0 aromatic carbocycles. The molecule has 1 aromatic rings. The number of nitrogens with zero attached hydrogens (tertiary/aromatic N) is 3. The molecule has 0 aliphatic rings. The summed E-state index contributed by atoms with van der Waals surface area (Å²) in [5.41, 5.74) is 3.61. The number of amides is 1. The average molecular weight is 438 g/mol. The van der Waals surface area contributed by atoms with E-state index in [1.807, 2.05) is 6.92 Å². The van der Waals surface area contributed by atoms with Crippen molar-refractivity contribution in [1.82, 2.24) is 15.2 Å². The zero-order chi connectivity index (χ0) is 21.6. The fourth-order valence-corrected chi connectivity index (χ4v) is 3.03. The van der Waals surface area contributed by atoms with Crippen molar-refractivity contribution in [2.24, 2.45) is 9.98 Å². The Morgan fingerprint density at radius 2 is 2.21 bits per heavy atom. The molecule has 29 heavy (non-hydrogen) atoms. The van der Waals surface area contributed by atoms with Gasteiger partial charge in [0, 0.05) is 30.7 Å². The molecule has 0 saturated heterocycles. The first-order valence-corrected chi connectivity index (χ1v) is 10.5. The Morgan fingerprint density at radius 3 is 2.86 bits per heavy atom. The topological polar surface area (TPSA) is 91.9 Å². The second kappa shape index (κ2) is 13.8. The highest BCUT2D eigenvalue weighted by Crippen LogP contribution is 2.17. The van der Waals surface area contributed by atoms with Crippen molar-refractivity contribution in [3.05, 3.63) is 53.1 Å². The van der Waals surface area contributed by atoms with E-state index in [-0.39, 0.29) is 12.3 Å². The smallest absolute Gasteiger partial charge is 0.256 e. The number of hydrogen-bond acceptors (Lipinski definition) is 6. The van der Waals surface area contributed by atoms with Gasteiger partial charge in [-0.3, -0.25) is 14.8 Å². The Kier molecular flexibility index (Phi) is 11.8. The third-order valence-corrected chi connectivity index (χ3v) is 4.34. The molecule has 1 aromatic heterocycles. The van der Waals surface area contributed by atoms with Crippen LogP contribution in [-0.4, -0.2) is 35.5 Å². The SMILES string of the molecule is C=CN=CSNC(=NCCCNC(=O)c1c(CC(=C)Cl)noc1C)/C(C)=C/CC. The average Bonchev–Trinajstić information content (AvgIpc) is 3.02. The van der Waals surface area contributed by atoms with Gasteiger partial charge in [0.25, 0.3) is 5.91 Å².